The van der Waals surface area contributed by atoms with Gasteiger partial charge in [0.05, 0.1) is 0 Å². The molecule has 0 aromatic carbocycles. The molecule has 2 rings (SSSR count). The number of aryl methyl sites for hydroxylation is 2. The maximum atomic E-state index is 11.5. The van der Waals surface area contributed by atoms with Crippen LogP contribution in [0.1, 0.15) is 11.1 Å². The fourth-order valence-electron chi connectivity index (χ4n) is 1.38. The molecule has 0 radical (unpaired) electrons. The van der Waals surface area contributed by atoms with Crippen molar-refractivity contribution in [3.63, 3.8) is 0 Å². The zero-order chi connectivity index (χ0) is 10.5. The molecule has 0 unspecified atom stereocenters. The van der Waals surface area contributed by atoms with Crippen LogP contribution in [-0.2, 0) is 7.05 Å². The number of fused-ring (bicyclic) bond motifs is 1. The van der Waals surface area contributed by atoms with E-state index in [0.29, 0.717) is 0 Å². The average Bonchev–Trinajstić information content (AvgIpc) is 2.34. The van der Waals surface area contributed by atoms with Gasteiger partial charge in [0.25, 0.3) is 0 Å². The Balaban J connectivity index is 3.12. The number of nitrogens with zero attached hydrogens (tertiary/aromatic N) is 3. The molecule has 0 aliphatic heterocycles. The van der Waals surface area contributed by atoms with Crippen molar-refractivity contribution < 1.29 is 0 Å². The first-order valence-electron chi connectivity index (χ1n) is 4.29. The summed E-state index contributed by atoms with van der Waals surface area (Å²) in [6.45, 7) is 3.80. The highest BCUT2D eigenvalue weighted by molar-refractivity contribution is 5.17. The first-order valence-corrected chi connectivity index (χ1v) is 4.29. The maximum Gasteiger partial charge on any atom is 0.351 e. The van der Waals surface area contributed by atoms with E-state index >= 15 is 0 Å². The highest BCUT2D eigenvalue weighted by Crippen LogP contribution is 2.01. The van der Waals surface area contributed by atoms with Crippen LogP contribution in [0, 0.1) is 13.8 Å². The van der Waals surface area contributed by atoms with E-state index in [1.54, 1.807) is 12.4 Å². The molecule has 0 spiro atoms. The van der Waals surface area contributed by atoms with Gasteiger partial charge in [-0.15, -0.1) is 0 Å². The summed E-state index contributed by atoms with van der Waals surface area (Å²) in [6.07, 6.45) is 3.33. The molecule has 2 aromatic heterocycles. The largest absolute Gasteiger partial charge is 0.351 e. The Bertz CT molecular complexity index is 562. The molecule has 5 nitrogen and oxygen atoms in total. The predicted octanol–water partition coefficient (Wildman–Crippen LogP) is -0.285. The zero-order valence-electron chi connectivity index (χ0n) is 8.31. The zero-order valence-corrected chi connectivity index (χ0v) is 8.31. The molecule has 2 aromatic rings. The summed E-state index contributed by atoms with van der Waals surface area (Å²) in [5, 5.41) is 0. The molecule has 2 heterocycles. The summed E-state index contributed by atoms with van der Waals surface area (Å²) < 4.78 is 3.70. The van der Waals surface area contributed by atoms with Gasteiger partial charge in [0.2, 0.25) is 0 Å². The van der Waals surface area contributed by atoms with Crippen molar-refractivity contribution >= 4 is 0 Å². The molecule has 0 atom stereocenters. The molecule has 74 valence electrons. The molecule has 0 amide bonds. The fraction of sp³-hybridized carbons (Fsp3) is 0.333. The molecule has 0 fully saturated rings. The van der Waals surface area contributed by atoms with Gasteiger partial charge in [-0.1, -0.05) is 0 Å². The lowest BCUT2D eigenvalue weighted by atomic mass is 10.2. The molecule has 0 bridgehead atoms. The van der Waals surface area contributed by atoms with Gasteiger partial charge in [-0.2, -0.15) is 0 Å². The lowest BCUT2D eigenvalue weighted by molar-refractivity contribution is 0.761. The van der Waals surface area contributed by atoms with Crippen molar-refractivity contribution in [2.75, 3.05) is 0 Å². The first-order chi connectivity index (χ1) is 6.52. The monoisotopic (exact) mass is 193 g/mol. The summed E-state index contributed by atoms with van der Waals surface area (Å²) >= 11 is 0. The molecule has 14 heavy (non-hydrogen) atoms. The van der Waals surface area contributed by atoms with E-state index in [4.69, 9.17) is 0 Å². The Morgan fingerprint density at radius 1 is 0.929 bits per heavy atom. The second-order valence-electron chi connectivity index (χ2n) is 3.44. The van der Waals surface area contributed by atoms with Crippen LogP contribution >= 0.6 is 0 Å². The Morgan fingerprint density at radius 3 is 1.64 bits per heavy atom. The standard InChI is InChI=1S/C9H11N3O2/c1-6-4-11-8(13)10(3)9(14)12(11)5-7(6)2/h4-5H,1-3H3. The number of hydrogen-bond acceptors (Lipinski definition) is 2. The molecule has 0 aliphatic rings. The predicted molar refractivity (Wildman–Crippen MR) is 51.8 cm³/mol. The summed E-state index contributed by atoms with van der Waals surface area (Å²) in [5.74, 6) is 0. The Hall–Kier alpha value is -1.78. The topological polar surface area (TPSA) is 47.9 Å². The summed E-state index contributed by atoms with van der Waals surface area (Å²) in [7, 11) is 1.47. The fourth-order valence-corrected chi connectivity index (χ4v) is 1.38. The van der Waals surface area contributed by atoms with Gasteiger partial charge in [-0.05, 0) is 25.0 Å². The summed E-state index contributed by atoms with van der Waals surface area (Å²) in [5.41, 5.74) is 1.33. The second-order valence-corrected chi connectivity index (χ2v) is 3.44. The smallest absolute Gasteiger partial charge is 0.246 e. The van der Waals surface area contributed by atoms with E-state index in [2.05, 4.69) is 0 Å². The number of hydrogen-bond donors (Lipinski definition) is 0. The minimum Gasteiger partial charge on any atom is -0.246 e. The van der Waals surface area contributed by atoms with E-state index in [1.807, 2.05) is 13.8 Å². The van der Waals surface area contributed by atoms with E-state index in [9.17, 15) is 9.59 Å². The van der Waals surface area contributed by atoms with Gasteiger partial charge < -0.3 is 0 Å². The van der Waals surface area contributed by atoms with Crippen molar-refractivity contribution in [3.8, 4) is 0 Å². The van der Waals surface area contributed by atoms with E-state index in [1.165, 1.54) is 16.1 Å². The summed E-state index contributed by atoms with van der Waals surface area (Å²) in [6, 6.07) is 0. The van der Waals surface area contributed by atoms with Gasteiger partial charge in [-0.25, -0.2) is 23.2 Å². The minimum atomic E-state index is -0.321. The van der Waals surface area contributed by atoms with E-state index < -0.39 is 0 Å². The van der Waals surface area contributed by atoms with Crippen LogP contribution in [0.2, 0.25) is 0 Å². The van der Waals surface area contributed by atoms with Crippen LogP contribution in [0.15, 0.2) is 22.0 Å². The normalized spacial score (nSPS) is 11.1. The maximum absolute atomic E-state index is 11.5. The average molecular weight is 193 g/mol. The summed E-state index contributed by atoms with van der Waals surface area (Å²) in [4.78, 5) is 23.0. The Morgan fingerprint density at radius 2 is 1.29 bits per heavy atom. The third-order valence-electron chi connectivity index (χ3n) is 2.45. The van der Waals surface area contributed by atoms with E-state index in [-0.39, 0.29) is 11.4 Å². The molecule has 0 aliphatic carbocycles. The van der Waals surface area contributed by atoms with Crippen molar-refractivity contribution in [1.29, 1.82) is 0 Å². The van der Waals surface area contributed by atoms with Crippen LogP contribution in [0.4, 0.5) is 0 Å². The lowest BCUT2D eigenvalue weighted by Crippen LogP contribution is -2.23. The van der Waals surface area contributed by atoms with Crippen molar-refractivity contribution in [2.24, 2.45) is 7.05 Å². The Labute approximate surface area is 79.8 Å². The van der Waals surface area contributed by atoms with Gasteiger partial charge >= 0.3 is 11.4 Å². The highest BCUT2D eigenvalue weighted by atomic mass is 16.2. The lowest BCUT2D eigenvalue weighted by Gasteiger charge is -2.00. The van der Waals surface area contributed by atoms with Crippen LogP contribution < -0.4 is 11.4 Å². The quantitative estimate of drug-likeness (QED) is 0.577. The number of aromatic nitrogens is 3. The SMILES string of the molecule is Cc1cn2c(=O)n(C)c(=O)n2cc1C. The number of rotatable bonds is 0. The Kier molecular flexibility index (Phi) is 1.64. The van der Waals surface area contributed by atoms with E-state index in [0.717, 1.165) is 15.7 Å². The molecule has 5 heteroatoms. The van der Waals surface area contributed by atoms with Gasteiger partial charge in [-0.3, -0.25) is 0 Å². The van der Waals surface area contributed by atoms with Gasteiger partial charge in [0.15, 0.2) is 0 Å². The van der Waals surface area contributed by atoms with Gasteiger partial charge in [0.1, 0.15) is 0 Å². The van der Waals surface area contributed by atoms with Crippen LogP contribution in [0.25, 0.3) is 0 Å². The molecule has 0 saturated carbocycles. The van der Waals surface area contributed by atoms with Crippen molar-refractivity contribution in [3.05, 3.63) is 44.5 Å². The van der Waals surface area contributed by atoms with Crippen molar-refractivity contribution in [1.82, 2.24) is 13.6 Å². The van der Waals surface area contributed by atoms with Crippen molar-refractivity contribution in [2.45, 2.75) is 13.8 Å². The molecule has 0 saturated heterocycles. The molecular weight excluding hydrogens is 182 g/mol. The minimum absolute atomic E-state index is 0.321. The van der Waals surface area contributed by atoms with Crippen LogP contribution in [0.3, 0.4) is 0 Å². The van der Waals surface area contributed by atoms with Gasteiger partial charge in [0, 0.05) is 19.4 Å². The second kappa shape index (κ2) is 2.60. The molecule has 0 N–H and O–H groups in total. The third kappa shape index (κ3) is 0.951. The van der Waals surface area contributed by atoms with Crippen LogP contribution in [-0.4, -0.2) is 13.6 Å². The molecular formula is C9H11N3O2. The first kappa shape index (κ1) is 8.80. The van der Waals surface area contributed by atoms with Crippen LogP contribution in [0.5, 0.6) is 0 Å². The third-order valence-corrected chi connectivity index (χ3v) is 2.45. The highest BCUT2D eigenvalue weighted by Gasteiger charge is 2.07.